The second-order valence-electron chi connectivity index (χ2n) is 8.01. The summed E-state index contributed by atoms with van der Waals surface area (Å²) in [5.41, 5.74) is 18.8. The molecule has 0 amide bonds. The second-order valence-corrected chi connectivity index (χ2v) is 9.67. The SMILES string of the molecule is [N-]=[N+]=NCNCCc1cccc2c1N=C(NNCc1cccc(Cl)c1)C1(CCSCC1)N2N. The van der Waals surface area contributed by atoms with Gasteiger partial charge in [-0.3, -0.25) is 5.01 Å². The predicted molar refractivity (Wildman–Crippen MR) is 137 cm³/mol. The Morgan fingerprint density at radius 1 is 1.24 bits per heavy atom. The average molecular weight is 486 g/mol. The number of aliphatic imine (C=N–C) groups is 1. The molecule has 33 heavy (non-hydrogen) atoms. The van der Waals surface area contributed by atoms with Gasteiger partial charge in [-0.1, -0.05) is 41.0 Å². The summed E-state index contributed by atoms with van der Waals surface area (Å²) in [6.45, 7) is 1.54. The molecule has 5 N–H and O–H groups in total. The highest BCUT2D eigenvalue weighted by Crippen LogP contribution is 2.44. The zero-order valence-electron chi connectivity index (χ0n) is 18.3. The highest BCUT2D eigenvalue weighted by molar-refractivity contribution is 7.99. The Hall–Kier alpha value is -2.46. The van der Waals surface area contributed by atoms with E-state index >= 15 is 0 Å². The van der Waals surface area contributed by atoms with Crippen molar-refractivity contribution in [1.82, 2.24) is 16.2 Å². The molecule has 0 unspecified atom stereocenters. The molecule has 9 nitrogen and oxygen atoms in total. The van der Waals surface area contributed by atoms with E-state index < -0.39 is 0 Å². The van der Waals surface area contributed by atoms with Gasteiger partial charge in [0.25, 0.3) is 0 Å². The summed E-state index contributed by atoms with van der Waals surface area (Å²) in [5.74, 6) is 9.70. The number of fused-ring (bicyclic) bond motifs is 1. The van der Waals surface area contributed by atoms with Crippen LogP contribution in [0.4, 0.5) is 11.4 Å². The molecule has 2 aliphatic heterocycles. The molecular formula is C22H28ClN9S. The minimum absolute atomic E-state index is 0.263. The molecule has 0 aliphatic carbocycles. The van der Waals surface area contributed by atoms with Crippen LogP contribution in [0.2, 0.25) is 5.02 Å². The molecule has 1 spiro atoms. The van der Waals surface area contributed by atoms with Crippen molar-refractivity contribution in [2.45, 2.75) is 31.3 Å². The van der Waals surface area contributed by atoms with Crippen molar-refractivity contribution >= 4 is 40.6 Å². The Kier molecular flexibility index (Phi) is 7.97. The summed E-state index contributed by atoms with van der Waals surface area (Å²) < 4.78 is 0. The number of thioether (sulfide) groups is 1. The number of amidine groups is 1. The molecular weight excluding hydrogens is 458 g/mol. The first kappa shape index (κ1) is 23.7. The van der Waals surface area contributed by atoms with Crippen LogP contribution in [0.3, 0.4) is 0 Å². The van der Waals surface area contributed by atoms with Crippen LogP contribution in [0, 0.1) is 0 Å². The lowest BCUT2D eigenvalue weighted by Gasteiger charge is -2.48. The third kappa shape index (κ3) is 5.38. The van der Waals surface area contributed by atoms with Crippen molar-refractivity contribution < 1.29 is 0 Å². The predicted octanol–water partition coefficient (Wildman–Crippen LogP) is 4.02. The highest BCUT2D eigenvalue weighted by Gasteiger charge is 2.46. The summed E-state index contributed by atoms with van der Waals surface area (Å²) in [4.78, 5) is 7.88. The molecule has 2 aromatic carbocycles. The Labute approximate surface area is 202 Å². The zero-order valence-corrected chi connectivity index (χ0v) is 19.9. The van der Waals surface area contributed by atoms with E-state index in [1.807, 2.05) is 53.2 Å². The van der Waals surface area contributed by atoms with Crippen LogP contribution in [0.5, 0.6) is 0 Å². The Bertz CT molecular complexity index is 1050. The van der Waals surface area contributed by atoms with Crippen LogP contribution in [0.15, 0.2) is 52.6 Å². The maximum Gasteiger partial charge on any atom is 0.144 e. The fourth-order valence-electron chi connectivity index (χ4n) is 4.26. The van der Waals surface area contributed by atoms with E-state index in [1.165, 1.54) is 0 Å². The zero-order chi connectivity index (χ0) is 23.1. The first-order valence-electron chi connectivity index (χ1n) is 10.9. The van der Waals surface area contributed by atoms with Crippen molar-refractivity contribution in [2.75, 3.05) is 29.7 Å². The monoisotopic (exact) mass is 485 g/mol. The standard InChI is InChI=1S/C22H28ClN9S/c23-18-5-1-3-16(13-18)14-27-30-21-22(8-11-33-12-9-22)32(25)19-6-2-4-17(20(19)29-21)7-10-26-15-28-31-24/h1-6,13,26-27H,7-12,14-15,25H2,(H,29,30). The topological polar surface area (TPSA) is 126 Å². The number of rotatable bonds is 8. The van der Waals surface area contributed by atoms with Gasteiger partial charge in [0.05, 0.1) is 18.0 Å². The molecule has 11 heteroatoms. The number of hydrazine groups is 2. The van der Waals surface area contributed by atoms with Crippen molar-refractivity contribution in [3.05, 3.63) is 69.1 Å². The lowest BCUT2D eigenvalue weighted by molar-refractivity contribution is 0.447. The van der Waals surface area contributed by atoms with Gasteiger partial charge in [-0.2, -0.15) is 11.8 Å². The van der Waals surface area contributed by atoms with Crippen molar-refractivity contribution in [1.29, 1.82) is 0 Å². The van der Waals surface area contributed by atoms with Gasteiger partial charge >= 0.3 is 0 Å². The fourth-order valence-corrected chi connectivity index (χ4v) is 5.64. The van der Waals surface area contributed by atoms with Gasteiger partial charge in [-0.05, 0) is 72.2 Å². The molecule has 2 heterocycles. The maximum atomic E-state index is 8.44. The number of halogens is 1. The van der Waals surface area contributed by atoms with Crippen LogP contribution in [0.25, 0.3) is 10.4 Å². The largest absolute Gasteiger partial charge is 0.311 e. The van der Waals surface area contributed by atoms with Gasteiger partial charge in [0, 0.05) is 16.5 Å². The number of anilines is 1. The molecule has 2 aliphatic rings. The number of hydrogen-bond donors (Lipinski definition) is 4. The minimum atomic E-state index is -0.377. The normalized spacial score (nSPS) is 16.7. The van der Waals surface area contributed by atoms with Crippen LogP contribution < -0.4 is 27.0 Å². The summed E-state index contributed by atoms with van der Waals surface area (Å²) in [7, 11) is 0. The number of para-hydroxylation sites is 1. The van der Waals surface area contributed by atoms with Gasteiger partial charge in [0.1, 0.15) is 11.4 Å². The lowest BCUT2D eigenvalue weighted by Crippen LogP contribution is -2.66. The van der Waals surface area contributed by atoms with E-state index in [-0.39, 0.29) is 12.2 Å². The summed E-state index contributed by atoms with van der Waals surface area (Å²) in [5, 5.41) is 9.27. The molecule has 2 aromatic rings. The van der Waals surface area contributed by atoms with E-state index in [2.05, 4.69) is 32.3 Å². The van der Waals surface area contributed by atoms with E-state index in [1.54, 1.807) is 0 Å². The molecule has 0 saturated carbocycles. The average Bonchev–Trinajstić information content (AvgIpc) is 2.83. The van der Waals surface area contributed by atoms with Gasteiger partial charge in [-0.15, -0.1) is 0 Å². The number of nitrogens with one attached hydrogen (secondary N) is 3. The smallest absolute Gasteiger partial charge is 0.144 e. The Balaban J connectivity index is 1.58. The summed E-state index contributed by atoms with van der Waals surface area (Å²) in [6.07, 6.45) is 2.57. The van der Waals surface area contributed by atoms with Crippen LogP contribution in [-0.2, 0) is 13.0 Å². The van der Waals surface area contributed by atoms with Crippen molar-refractivity contribution in [3.63, 3.8) is 0 Å². The summed E-state index contributed by atoms with van der Waals surface area (Å²) >= 11 is 8.07. The van der Waals surface area contributed by atoms with Gasteiger partial charge < -0.3 is 10.7 Å². The molecule has 0 radical (unpaired) electrons. The van der Waals surface area contributed by atoms with Crippen molar-refractivity contribution in [2.24, 2.45) is 15.9 Å². The molecule has 0 bridgehead atoms. The Morgan fingerprint density at radius 3 is 2.85 bits per heavy atom. The van der Waals surface area contributed by atoms with E-state index in [0.29, 0.717) is 18.1 Å². The first-order valence-corrected chi connectivity index (χ1v) is 12.5. The maximum absolute atomic E-state index is 8.44. The van der Waals surface area contributed by atoms with E-state index in [4.69, 9.17) is 28.0 Å². The van der Waals surface area contributed by atoms with E-state index in [9.17, 15) is 0 Å². The fraction of sp³-hybridized carbons (Fsp3) is 0.409. The van der Waals surface area contributed by atoms with Crippen LogP contribution >= 0.6 is 23.4 Å². The first-order chi connectivity index (χ1) is 16.1. The van der Waals surface area contributed by atoms with Gasteiger partial charge in [0.2, 0.25) is 0 Å². The number of nitrogens with zero attached hydrogens (tertiary/aromatic N) is 5. The van der Waals surface area contributed by atoms with Crippen LogP contribution in [-0.4, -0.2) is 36.1 Å². The van der Waals surface area contributed by atoms with Crippen LogP contribution in [0.1, 0.15) is 24.0 Å². The number of nitrogens with two attached hydrogens (primary N) is 1. The quantitative estimate of drug-likeness (QED) is 0.112. The van der Waals surface area contributed by atoms with E-state index in [0.717, 1.165) is 59.1 Å². The van der Waals surface area contributed by atoms with Gasteiger partial charge in [0.15, 0.2) is 0 Å². The third-order valence-electron chi connectivity index (χ3n) is 6.01. The highest BCUT2D eigenvalue weighted by atomic mass is 35.5. The molecule has 174 valence electrons. The Morgan fingerprint density at radius 2 is 2.06 bits per heavy atom. The molecule has 0 atom stereocenters. The van der Waals surface area contributed by atoms with Crippen molar-refractivity contribution in [3.8, 4) is 0 Å². The summed E-state index contributed by atoms with van der Waals surface area (Å²) in [6, 6.07) is 13.9. The molecule has 1 fully saturated rings. The third-order valence-corrected chi connectivity index (χ3v) is 7.23. The number of azide groups is 1. The second kappa shape index (κ2) is 11.1. The number of benzene rings is 2. The molecule has 1 saturated heterocycles. The molecule has 4 rings (SSSR count). The van der Waals surface area contributed by atoms with Gasteiger partial charge in [-0.25, -0.2) is 16.3 Å². The minimum Gasteiger partial charge on any atom is -0.311 e. The molecule has 0 aromatic heterocycles. The number of hydrogen-bond acceptors (Lipinski definition) is 8. The lowest BCUT2D eigenvalue weighted by atomic mass is 9.87.